The number of hydrogen-bond donors (Lipinski definition) is 1. The van der Waals surface area contributed by atoms with Gasteiger partial charge in [-0.25, -0.2) is 0 Å². The SMILES string of the molecule is CCN(CC)C(=O)[C@@H]1[C@@H](C)CC23c4ccc(C)cc4CCCN2C(=O)C[C@@H]13.CNC(=O)[C@@H]1[C@@H](C)CC23c4ccc(C)cc4CCCN2C(=O)C[C@@H]13.COC(=O)[C@@H]1[C@@H](C)C[C@@]23c4cc(C)ccc4CCN2C(=O)C[C@@H]13.COC(=O)[C@@H]1[C@@H](C)C[C@@]23c4ccc(C)cc4CCN2C(=O)C[C@@H]13.Cc1ccc2c(c1)CCCN1C(=O)C[C@H]3[C@H](C)[C@@H](C)CC231.Cc1ccc2c(c1)[C@@]13C[C@H](C)[C@@H](C[N+](=O)[O-])[C@@H]1CC(=O)N3CC2. The van der Waals surface area contributed by atoms with Crippen LogP contribution < -0.4 is 5.32 Å². The fourth-order valence-corrected chi connectivity index (χ4v) is 33.9. The van der Waals surface area contributed by atoms with Crippen molar-refractivity contribution in [2.24, 2.45) is 107 Å². The molecule has 141 heavy (non-hydrogen) atoms. The number of nitro groups is 1. The first-order valence-corrected chi connectivity index (χ1v) is 53.6. The number of carbonyl (C=O) groups is 10. The maximum atomic E-state index is 13.4. The summed E-state index contributed by atoms with van der Waals surface area (Å²) in [6.45, 7) is 38.7. The van der Waals surface area contributed by atoms with Gasteiger partial charge in [0.25, 0.3) is 0 Å². The number of nitrogens with one attached hydrogen (secondary N) is 1. The molecule has 6 aromatic carbocycles. The van der Waals surface area contributed by atoms with Crippen LogP contribution in [0.2, 0.25) is 0 Å². The van der Waals surface area contributed by atoms with Gasteiger partial charge in [0.1, 0.15) is 0 Å². The lowest BCUT2D eigenvalue weighted by Gasteiger charge is -2.44. The van der Waals surface area contributed by atoms with E-state index >= 15 is 0 Å². The third-order valence-electron chi connectivity index (χ3n) is 39.4. The zero-order valence-electron chi connectivity index (χ0n) is 86.8. The molecule has 12 aliphatic heterocycles. The minimum atomic E-state index is -0.297. The lowest BCUT2D eigenvalue weighted by Crippen LogP contribution is -2.49. The molecule has 23 nitrogen and oxygen atoms in total. The quantitative estimate of drug-likeness (QED) is 0.0844. The maximum Gasteiger partial charge on any atom is 0.309 e. The van der Waals surface area contributed by atoms with Crippen LogP contribution in [0, 0.1) is 158 Å². The number of methoxy groups -OCH3 is 2. The van der Waals surface area contributed by atoms with E-state index in [0.717, 1.165) is 155 Å². The van der Waals surface area contributed by atoms with E-state index in [1.54, 1.807) is 7.05 Å². The second-order valence-corrected chi connectivity index (χ2v) is 46.6. The highest BCUT2D eigenvalue weighted by molar-refractivity contribution is 5.90. The first-order chi connectivity index (χ1) is 67.4. The Morgan fingerprint density at radius 3 is 1.01 bits per heavy atom. The zero-order chi connectivity index (χ0) is 100. The highest BCUT2D eigenvalue weighted by Crippen LogP contribution is 2.68. The molecule has 6 saturated carbocycles. The molecule has 0 bridgehead atoms. The van der Waals surface area contributed by atoms with E-state index < -0.39 is 0 Å². The summed E-state index contributed by atoms with van der Waals surface area (Å²) in [5, 5.41) is 14.0. The molecule has 12 heterocycles. The molecule has 12 fully saturated rings. The Hall–Kier alpha value is -10.6. The van der Waals surface area contributed by atoms with Crippen molar-refractivity contribution in [3.05, 3.63) is 219 Å². The molecule has 752 valence electrons. The molecule has 8 amide bonds. The highest BCUT2D eigenvalue weighted by Gasteiger charge is 2.71. The van der Waals surface area contributed by atoms with Crippen LogP contribution in [0.5, 0.6) is 0 Å². The Morgan fingerprint density at radius 2 is 0.645 bits per heavy atom. The van der Waals surface area contributed by atoms with E-state index in [2.05, 4.69) is 234 Å². The molecule has 0 radical (unpaired) electrons. The van der Waals surface area contributed by atoms with E-state index in [0.29, 0.717) is 61.7 Å². The summed E-state index contributed by atoms with van der Waals surface area (Å²) >= 11 is 0. The summed E-state index contributed by atoms with van der Waals surface area (Å²) in [6.07, 6.45) is 17.8. The van der Waals surface area contributed by atoms with Gasteiger partial charge in [0, 0.05) is 150 Å². The lowest BCUT2D eigenvalue weighted by molar-refractivity contribution is -0.491. The molecule has 24 rings (SSSR count). The van der Waals surface area contributed by atoms with Crippen molar-refractivity contribution in [1.29, 1.82) is 0 Å². The number of amides is 8. The number of nitrogens with zero attached hydrogens (tertiary/aromatic N) is 8. The monoisotopic (exact) mass is 1920 g/mol. The molecule has 24 atom stereocenters. The topological polar surface area (TPSA) is 267 Å². The average molecular weight is 1920 g/mol. The van der Waals surface area contributed by atoms with Crippen LogP contribution in [0.1, 0.15) is 259 Å². The fourth-order valence-electron chi connectivity index (χ4n) is 33.9. The third kappa shape index (κ3) is 15.5. The second-order valence-electron chi connectivity index (χ2n) is 46.6. The molecule has 6 aromatic rings. The Labute approximate surface area is 834 Å². The molecular formula is C118H151N9O14. The van der Waals surface area contributed by atoms with Gasteiger partial charge in [0.05, 0.1) is 59.3 Å². The Balaban J connectivity index is 0.000000108. The normalized spacial score (nSPS) is 34.7. The molecule has 6 aliphatic carbocycles. The van der Waals surface area contributed by atoms with Gasteiger partial charge < -0.3 is 49.1 Å². The maximum absolute atomic E-state index is 13.4. The second kappa shape index (κ2) is 37.5. The smallest absolute Gasteiger partial charge is 0.309 e. The number of aryl methyl sites for hydroxylation is 9. The van der Waals surface area contributed by atoms with Crippen LogP contribution in [0.25, 0.3) is 0 Å². The summed E-state index contributed by atoms with van der Waals surface area (Å²) in [6, 6.07) is 40.0. The van der Waals surface area contributed by atoms with Crippen molar-refractivity contribution in [3.63, 3.8) is 0 Å². The van der Waals surface area contributed by atoms with Crippen LogP contribution in [0.3, 0.4) is 0 Å². The standard InChI is InChI=1S/C23H32N2O2.C20H26N2O2.2C19H23NO3.C19H25NO.C18H22N2O3/c1-5-24(6-2)22(27)21-16(4)14-23-18-10-9-15(3)12-17(18)8-7-11-25(23)20(26)13-19(21)23;1-12-6-7-15-14(9-12)5-4-8-22-17(23)10-16-18(19(24)21-3)13(2)11-20(15,16)22;1-11-4-5-14-13(8-11)6-7-20-16(21)9-15-17(18(22)23-3)12(2)10-19(14,15)20;1-11-4-5-13-6-7-20-16(21)9-15-17(18(22)23-3)12(2)10-19(15,20)14(13)8-11;1-12-6-7-16-15(9-12)5-4-8-20-18(21)10-17-14(3)13(2)11-19(16,17)20;1-11-3-4-13-5-6-19-17(21)8-16-14(10-20(22)23)12(2)9-18(16,19)15(13)7-11/h9-10,12,16,19,21H,5-8,11,13-14H2,1-4H3;6-7,9,13,16,18H,4-5,8,10-11H2,1-3H3,(H,21,24);2*4-5,8,12,15,17H,6-7,9-10H2,1-3H3;6-7,9,13-14,17H,4-5,8,10-11H2,1-3H3;3-4,7,12,14,16H,5-6,8-10H2,1-2H3/t16-,19-,21+,23?;13-,16-,18+,20?;2*12-,15-,17+,19-;13-,14+,17-,19?;12-,14+,16-,18-/m000000/s1. The zero-order valence-corrected chi connectivity index (χ0v) is 86.8. The van der Waals surface area contributed by atoms with Crippen molar-refractivity contribution in [2.45, 2.75) is 272 Å². The van der Waals surface area contributed by atoms with E-state index in [9.17, 15) is 58.1 Å². The first kappa shape index (κ1) is 99.2. The fraction of sp³-hybridized carbons (Fsp3) is 0.610. The molecule has 18 aliphatic rings. The molecule has 0 aromatic heterocycles. The number of fused-ring (bicyclic) bond motifs is 6. The van der Waals surface area contributed by atoms with Crippen molar-refractivity contribution >= 4 is 59.2 Å². The van der Waals surface area contributed by atoms with E-state index in [-0.39, 0.29) is 181 Å². The summed E-state index contributed by atoms with van der Waals surface area (Å²) < 4.78 is 10.1. The van der Waals surface area contributed by atoms with E-state index in [1.807, 2.05) is 18.7 Å². The van der Waals surface area contributed by atoms with Crippen LogP contribution in [-0.2, 0) is 129 Å². The summed E-state index contributed by atoms with van der Waals surface area (Å²) in [4.78, 5) is 153. The van der Waals surface area contributed by atoms with Gasteiger partial charge in [-0.3, -0.25) is 58.1 Å². The van der Waals surface area contributed by atoms with Crippen molar-refractivity contribution in [1.82, 2.24) is 39.6 Å². The Kier molecular flexibility index (Phi) is 26.4. The molecule has 6 spiro atoms. The largest absolute Gasteiger partial charge is 0.469 e. The minimum Gasteiger partial charge on any atom is -0.469 e. The van der Waals surface area contributed by atoms with Crippen LogP contribution in [-0.4, -0.2) is 179 Å². The molecule has 3 unspecified atom stereocenters. The number of esters is 2. The van der Waals surface area contributed by atoms with E-state index in [1.165, 1.54) is 114 Å². The first-order valence-electron chi connectivity index (χ1n) is 53.6. The number of hydrogen-bond acceptors (Lipinski definition) is 14. The van der Waals surface area contributed by atoms with Gasteiger partial charge in [-0.2, -0.15) is 0 Å². The van der Waals surface area contributed by atoms with Gasteiger partial charge in [0.15, 0.2) is 0 Å². The van der Waals surface area contributed by atoms with Crippen LogP contribution in [0.15, 0.2) is 109 Å². The van der Waals surface area contributed by atoms with Gasteiger partial charge in [-0.15, -0.1) is 0 Å². The lowest BCUT2D eigenvalue weighted by atomic mass is 9.74. The van der Waals surface area contributed by atoms with Crippen LogP contribution in [0.4, 0.5) is 0 Å². The van der Waals surface area contributed by atoms with E-state index in [4.69, 9.17) is 9.47 Å². The van der Waals surface area contributed by atoms with Gasteiger partial charge in [-0.1, -0.05) is 191 Å². The minimum absolute atomic E-state index is 0.00888. The predicted molar refractivity (Wildman–Crippen MR) is 539 cm³/mol. The third-order valence-corrected chi connectivity index (χ3v) is 39.4. The van der Waals surface area contributed by atoms with Crippen LogP contribution >= 0.6 is 0 Å². The number of carbonyl (C=O) groups excluding carboxylic acids is 10. The summed E-state index contributed by atoms with van der Waals surface area (Å²) in [5.41, 5.74) is 22.3. The number of rotatable bonds is 8. The predicted octanol–water partition coefficient (Wildman–Crippen LogP) is 16.9. The Morgan fingerprint density at radius 1 is 0.362 bits per heavy atom. The van der Waals surface area contributed by atoms with Gasteiger partial charge >= 0.3 is 11.9 Å². The van der Waals surface area contributed by atoms with Gasteiger partial charge in [-0.05, 0) is 266 Å². The van der Waals surface area contributed by atoms with Crippen molar-refractivity contribution in [3.8, 4) is 0 Å². The molecule has 23 heteroatoms. The molecular weight excluding hydrogens is 1770 g/mol. The number of benzene rings is 6. The number of ether oxygens (including phenoxy) is 2. The molecule has 6 saturated heterocycles. The van der Waals surface area contributed by atoms with Crippen molar-refractivity contribution < 1.29 is 62.3 Å². The Bertz CT molecular complexity index is 6040. The highest BCUT2D eigenvalue weighted by atomic mass is 16.6. The summed E-state index contributed by atoms with van der Waals surface area (Å²) in [5.74, 6) is 4.53. The van der Waals surface area contributed by atoms with Gasteiger partial charge in [0.2, 0.25) is 53.8 Å². The molecule has 1 N–H and O–H groups in total. The summed E-state index contributed by atoms with van der Waals surface area (Å²) in [7, 11) is 4.61. The average Bonchev–Trinajstić information content (AvgIpc) is 1.57. The van der Waals surface area contributed by atoms with Crippen molar-refractivity contribution in [2.75, 3.05) is 80.2 Å².